The van der Waals surface area contributed by atoms with Crippen molar-refractivity contribution in [1.29, 1.82) is 0 Å². The van der Waals surface area contributed by atoms with E-state index in [9.17, 15) is 4.79 Å². The van der Waals surface area contributed by atoms with Gasteiger partial charge < -0.3 is 10.7 Å². The topological polar surface area (TPSA) is 102 Å². The van der Waals surface area contributed by atoms with Gasteiger partial charge in [-0.3, -0.25) is 4.79 Å². The fourth-order valence-electron chi connectivity index (χ4n) is 3.37. The highest BCUT2D eigenvalue weighted by atomic mass is 35.5. The number of Topliss-reactive ketones (excluding diaryl/α,β-unsaturated/α-hetero) is 1. The maximum Gasteiger partial charge on any atom is 0.164 e. The van der Waals surface area contributed by atoms with Crippen molar-refractivity contribution in [3.63, 3.8) is 0 Å². The number of nitrogen functional groups attached to an aromatic ring is 1. The van der Waals surface area contributed by atoms with Crippen LogP contribution in [0, 0.1) is 0 Å². The zero-order valence-electron chi connectivity index (χ0n) is 16.5. The molecule has 4 rings (SSSR count). The molecule has 3 heterocycles. The van der Waals surface area contributed by atoms with Crippen LogP contribution in [0.3, 0.4) is 0 Å². The number of H-pyrrole nitrogens is 1. The lowest BCUT2D eigenvalue weighted by atomic mass is 10.1. The molecule has 0 aliphatic heterocycles. The number of carbonyl (C=O) groups is 1. The predicted molar refractivity (Wildman–Crippen MR) is 117 cm³/mol. The van der Waals surface area contributed by atoms with Crippen LogP contribution < -0.4 is 5.73 Å². The molecular formula is C20H20Cl2N6O. The maximum atomic E-state index is 12.2. The number of rotatable bonds is 3. The van der Waals surface area contributed by atoms with E-state index in [0.717, 1.165) is 0 Å². The lowest BCUT2D eigenvalue weighted by Gasteiger charge is -2.19. The number of hydrogen-bond donors (Lipinski definition) is 2. The number of benzene rings is 1. The van der Waals surface area contributed by atoms with Gasteiger partial charge in [0.2, 0.25) is 0 Å². The number of ketones is 1. The molecule has 0 aliphatic rings. The summed E-state index contributed by atoms with van der Waals surface area (Å²) in [6, 6.07) is 3.42. The van der Waals surface area contributed by atoms with Crippen molar-refractivity contribution in [2.45, 2.75) is 39.7 Å². The summed E-state index contributed by atoms with van der Waals surface area (Å²) in [6.07, 6.45) is 1.78. The molecule has 0 fully saturated rings. The molecule has 0 unspecified atom stereocenters. The molecule has 0 aliphatic carbocycles. The average Bonchev–Trinajstić information content (AvgIpc) is 3.20. The van der Waals surface area contributed by atoms with Crippen molar-refractivity contribution >= 4 is 56.7 Å². The van der Waals surface area contributed by atoms with Crippen LogP contribution >= 0.6 is 23.2 Å². The highest BCUT2D eigenvalue weighted by molar-refractivity contribution is 6.40. The maximum absolute atomic E-state index is 12.2. The first kappa shape index (κ1) is 19.7. The minimum absolute atomic E-state index is 0.0377. The van der Waals surface area contributed by atoms with E-state index in [2.05, 4.69) is 15.0 Å². The van der Waals surface area contributed by atoms with Gasteiger partial charge in [0.05, 0.1) is 26.7 Å². The number of nitrogens with zero attached hydrogens (tertiary/aromatic N) is 4. The Morgan fingerprint density at radius 1 is 1.24 bits per heavy atom. The van der Waals surface area contributed by atoms with Gasteiger partial charge in [-0.05, 0) is 32.9 Å². The molecule has 3 aromatic heterocycles. The molecule has 0 saturated carbocycles. The van der Waals surface area contributed by atoms with E-state index < -0.39 is 0 Å². The first-order valence-electron chi connectivity index (χ1n) is 9.17. The van der Waals surface area contributed by atoms with Crippen molar-refractivity contribution in [2.75, 3.05) is 5.73 Å². The van der Waals surface area contributed by atoms with Crippen molar-refractivity contribution < 1.29 is 4.79 Å². The van der Waals surface area contributed by atoms with Crippen molar-refractivity contribution in [1.82, 2.24) is 24.7 Å². The molecule has 7 nitrogen and oxygen atoms in total. The van der Waals surface area contributed by atoms with Crippen LogP contribution in [0.15, 0.2) is 18.5 Å². The summed E-state index contributed by atoms with van der Waals surface area (Å²) in [5.74, 6) is 0.277. The third-order valence-electron chi connectivity index (χ3n) is 4.81. The summed E-state index contributed by atoms with van der Waals surface area (Å²) in [5.41, 5.74) is 8.74. The van der Waals surface area contributed by atoms with Crippen molar-refractivity contribution in [2.24, 2.45) is 0 Å². The number of carbonyl (C=O) groups excluding carboxylic acids is 1. The monoisotopic (exact) mass is 430 g/mol. The largest absolute Gasteiger partial charge is 0.383 e. The fourth-order valence-corrected chi connectivity index (χ4v) is 3.93. The Morgan fingerprint density at radius 2 is 1.97 bits per heavy atom. The number of anilines is 1. The molecule has 0 amide bonds. The molecule has 150 valence electrons. The molecule has 0 spiro atoms. The van der Waals surface area contributed by atoms with Crippen molar-refractivity contribution in [3.05, 3.63) is 34.1 Å². The number of nitrogens with one attached hydrogen (secondary N) is 1. The zero-order chi connectivity index (χ0) is 21.1. The van der Waals surface area contributed by atoms with E-state index >= 15 is 0 Å². The Bertz CT molecular complexity index is 1280. The Morgan fingerprint density at radius 3 is 2.62 bits per heavy atom. The summed E-state index contributed by atoms with van der Waals surface area (Å²) < 4.78 is 1.80. The smallest absolute Gasteiger partial charge is 0.164 e. The van der Waals surface area contributed by atoms with Crippen LogP contribution in [0.5, 0.6) is 0 Å². The third-order valence-corrected chi connectivity index (χ3v) is 5.52. The number of nitrogens with two attached hydrogens (primary N) is 1. The Balaban J connectivity index is 2.04. The lowest BCUT2D eigenvalue weighted by molar-refractivity contribution is 0.0988. The first-order valence-corrected chi connectivity index (χ1v) is 9.93. The minimum atomic E-state index is -0.334. The van der Waals surface area contributed by atoms with Crippen molar-refractivity contribution in [3.8, 4) is 11.4 Å². The van der Waals surface area contributed by atoms with Gasteiger partial charge in [-0.2, -0.15) is 5.10 Å². The van der Waals surface area contributed by atoms with Crippen LogP contribution in [0.1, 0.15) is 44.5 Å². The quantitative estimate of drug-likeness (QED) is 0.434. The summed E-state index contributed by atoms with van der Waals surface area (Å²) in [5, 5.41) is 6.89. The predicted octanol–water partition coefficient (Wildman–Crippen LogP) is 5.21. The number of fused-ring (bicyclic) bond motifs is 2. The highest BCUT2D eigenvalue weighted by Gasteiger charge is 2.26. The van der Waals surface area contributed by atoms with Crippen LogP contribution in [-0.2, 0) is 5.54 Å². The second-order valence-electron chi connectivity index (χ2n) is 7.86. The molecular weight excluding hydrogens is 411 g/mol. The van der Waals surface area contributed by atoms with Gasteiger partial charge in [0.15, 0.2) is 11.4 Å². The molecule has 9 heteroatoms. The zero-order valence-corrected chi connectivity index (χ0v) is 18.0. The van der Waals surface area contributed by atoms with Crippen LogP contribution in [-0.4, -0.2) is 30.5 Å². The number of aromatic nitrogens is 5. The van der Waals surface area contributed by atoms with E-state index in [0.29, 0.717) is 61.2 Å². The van der Waals surface area contributed by atoms with E-state index in [-0.39, 0.29) is 11.3 Å². The number of halogens is 2. The van der Waals surface area contributed by atoms with Gasteiger partial charge in [0, 0.05) is 22.9 Å². The molecule has 0 saturated heterocycles. The third kappa shape index (κ3) is 3.05. The summed E-state index contributed by atoms with van der Waals surface area (Å²) in [4.78, 5) is 24.0. The van der Waals surface area contributed by atoms with E-state index in [1.54, 1.807) is 23.7 Å². The first-order chi connectivity index (χ1) is 13.6. The molecule has 3 N–H and O–H groups in total. The Kier molecular flexibility index (Phi) is 4.55. The summed E-state index contributed by atoms with van der Waals surface area (Å²) >= 11 is 13.0. The molecule has 1 aromatic carbocycles. The molecule has 0 atom stereocenters. The lowest BCUT2D eigenvalue weighted by Crippen LogP contribution is -2.23. The van der Waals surface area contributed by atoms with Gasteiger partial charge in [0.25, 0.3) is 0 Å². The number of aromatic amines is 1. The summed E-state index contributed by atoms with van der Waals surface area (Å²) in [7, 11) is 0. The fraction of sp³-hybridized carbons (Fsp3) is 0.300. The SMILES string of the molecule is CCC(=O)c1cc2[nH]c(-c3nn(C(C)(C)C)c4ncnc(N)c34)c(Cl)c2cc1Cl. The molecule has 0 radical (unpaired) electrons. The van der Waals surface area contributed by atoms with E-state index in [4.69, 9.17) is 34.0 Å². The Hall–Kier alpha value is -2.64. The van der Waals surface area contributed by atoms with Gasteiger partial charge in [-0.1, -0.05) is 30.1 Å². The summed E-state index contributed by atoms with van der Waals surface area (Å²) in [6.45, 7) is 7.87. The van der Waals surface area contributed by atoms with Gasteiger partial charge in [-0.25, -0.2) is 14.6 Å². The van der Waals surface area contributed by atoms with Crippen LogP contribution in [0.2, 0.25) is 10.0 Å². The van der Waals surface area contributed by atoms with Gasteiger partial charge in [0.1, 0.15) is 17.8 Å². The second kappa shape index (κ2) is 6.71. The standard InChI is InChI=1S/C20H20Cl2N6O/c1-5-13(29)9-7-12-10(6-11(9)21)15(22)17(26-12)16-14-18(23)24-8-25-19(14)28(27-16)20(2,3)4/h6-8,26H,5H2,1-4H3,(H2,23,24,25). The normalized spacial score (nSPS) is 12.2. The van der Waals surface area contributed by atoms with Crippen LogP contribution in [0.25, 0.3) is 33.3 Å². The Labute approximate surface area is 177 Å². The average molecular weight is 431 g/mol. The highest BCUT2D eigenvalue weighted by Crippen LogP contribution is 2.40. The van der Waals surface area contributed by atoms with Crippen LogP contribution in [0.4, 0.5) is 5.82 Å². The second-order valence-corrected chi connectivity index (χ2v) is 8.64. The van der Waals surface area contributed by atoms with E-state index in [1.807, 2.05) is 20.8 Å². The minimum Gasteiger partial charge on any atom is -0.383 e. The van der Waals surface area contributed by atoms with E-state index in [1.165, 1.54) is 6.33 Å². The van der Waals surface area contributed by atoms with Gasteiger partial charge in [-0.15, -0.1) is 0 Å². The molecule has 29 heavy (non-hydrogen) atoms. The number of hydrogen-bond acceptors (Lipinski definition) is 5. The molecule has 0 bridgehead atoms. The molecule has 4 aromatic rings. The van der Waals surface area contributed by atoms with Gasteiger partial charge >= 0.3 is 0 Å².